The fourth-order valence-corrected chi connectivity index (χ4v) is 2.45. The molecule has 6 heteroatoms. The van der Waals surface area contributed by atoms with Gasteiger partial charge in [0.15, 0.2) is 0 Å². The Labute approximate surface area is 122 Å². The van der Waals surface area contributed by atoms with Crippen LogP contribution in [0.5, 0.6) is 0 Å². The summed E-state index contributed by atoms with van der Waals surface area (Å²) in [5, 5.41) is 9.12. The Hall–Kier alpha value is -2.05. The van der Waals surface area contributed by atoms with Crippen LogP contribution >= 0.6 is 0 Å². The second kappa shape index (κ2) is 6.15. The standard InChI is InChI=1S/C15H18N4O2/c1-2-21-10-13-18-12-9-17-11-5-3-6-16-14(11)15(12)19(13)7-4-8-20/h3,5-6,9,20H,2,4,7-8,10H2,1H3. The number of aliphatic hydroxyl groups excluding tert-OH is 1. The van der Waals surface area contributed by atoms with Gasteiger partial charge >= 0.3 is 0 Å². The number of rotatable bonds is 6. The average Bonchev–Trinajstić information content (AvgIpc) is 2.88. The molecule has 0 aliphatic rings. The highest BCUT2D eigenvalue weighted by Crippen LogP contribution is 2.23. The molecule has 0 aliphatic carbocycles. The topological polar surface area (TPSA) is 73.1 Å². The summed E-state index contributed by atoms with van der Waals surface area (Å²) in [6, 6.07) is 3.81. The molecule has 3 rings (SSSR count). The molecule has 3 aromatic rings. The van der Waals surface area contributed by atoms with E-state index in [1.807, 2.05) is 19.1 Å². The van der Waals surface area contributed by atoms with Crippen LogP contribution in [0.1, 0.15) is 19.2 Å². The van der Waals surface area contributed by atoms with E-state index in [9.17, 15) is 0 Å². The third-order valence-corrected chi connectivity index (χ3v) is 3.39. The summed E-state index contributed by atoms with van der Waals surface area (Å²) in [5.41, 5.74) is 3.46. The number of aliphatic hydroxyl groups is 1. The molecule has 0 amide bonds. The molecule has 6 nitrogen and oxygen atoms in total. The Morgan fingerprint density at radius 1 is 1.29 bits per heavy atom. The Morgan fingerprint density at radius 2 is 2.19 bits per heavy atom. The fourth-order valence-electron chi connectivity index (χ4n) is 2.45. The second-order valence-corrected chi connectivity index (χ2v) is 4.76. The summed E-state index contributed by atoms with van der Waals surface area (Å²) in [6.07, 6.45) is 4.19. The van der Waals surface area contributed by atoms with Gasteiger partial charge in [-0.3, -0.25) is 9.97 Å². The number of imidazole rings is 1. The zero-order chi connectivity index (χ0) is 14.7. The summed E-state index contributed by atoms with van der Waals surface area (Å²) >= 11 is 0. The molecule has 0 saturated heterocycles. The van der Waals surface area contributed by atoms with Crippen LogP contribution in [-0.2, 0) is 17.9 Å². The lowest BCUT2D eigenvalue weighted by Gasteiger charge is -2.09. The summed E-state index contributed by atoms with van der Waals surface area (Å²) in [6.45, 7) is 3.87. The Balaban J connectivity index is 2.20. The van der Waals surface area contributed by atoms with Crippen molar-refractivity contribution in [1.29, 1.82) is 0 Å². The Bertz CT molecular complexity index is 754. The molecular weight excluding hydrogens is 268 g/mol. The minimum atomic E-state index is 0.143. The minimum Gasteiger partial charge on any atom is -0.396 e. The SMILES string of the molecule is CCOCc1nc2cnc3cccnc3c2n1CCCO. The summed E-state index contributed by atoms with van der Waals surface area (Å²) in [4.78, 5) is 13.4. The molecule has 1 N–H and O–H groups in total. The van der Waals surface area contributed by atoms with Crippen LogP contribution in [0.25, 0.3) is 22.1 Å². The van der Waals surface area contributed by atoms with Crippen LogP contribution in [0.15, 0.2) is 24.5 Å². The van der Waals surface area contributed by atoms with Gasteiger partial charge in [0.1, 0.15) is 23.5 Å². The molecule has 0 aromatic carbocycles. The quantitative estimate of drug-likeness (QED) is 0.749. The minimum absolute atomic E-state index is 0.143. The predicted molar refractivity (Wildman–Crippen MR) is 79.9 cm³/mol. The van der Waals surface area contributed by atoms with Crippen LogP contribution in [0, 0.1) is 0 Å². The van der Waals surface area contributed by atoms with Crippen LogP contribution in [0.3, 0.4) is 0 Å². The highest BCUT2D eigenvalue weighted by atomic mass is 16.5. The second-order valence-electron chi connectivity index (χ2n) is 4.76. The summed E-state index contributed by atoms with van der Waals surface area (Å²) in [5.74, 6) is 0.847. The van der Waals surface area contributed by atoms with Crippen molar-refractivity contribution in [3.8, 4) is 0 Å². The van der Waals surface area contributed by atoms with E-state index in [-0.39, 0.29) is 6.61 Å². The van der Waals surface area contributed by atoms with E-state index >= 15 is 0 Å². The van der Waals surface area contributed by atoms with Crippen molar-refractivity contribution in [3.63, 3.8) is 0 Å². The lowest BCUT2D eigenvalue weighted by atomic mass is 10.3. The van der Waals surface area contributed by atoms with Crippen molar-refractivity contribution in [3.05, 3.63) is 30.4 Å². The van der Waals surface area contributed by atoms with Crippen molar-refractivity contribution < 1.29 is 9.84 Å². The molecule has 0 unspecified atom stereocenters. The number of nitrogens with zero attached hydrogens (tertiary/aromatic N) is 4. The molecule has 0 spiro atoms. The van der Waals surface area contributed by atoms with E-state index in [4.69, 9.17) is 9.84 Å². The monoisotopic (exact) mass is 286 g/mol. The van der Waals surface area contributed by atoms with E-state index in [1.54, 1.807) is 12.4 Å². The van der Waals surface area contributed by atoms with Crippen molar-refractivity contribution in [1.82, 2.24) is 19.5 Å². The normalized spacial score (nSPS) is 11.5. The zero-order valence-electron chi connectivity index (χ0n) is 12.0. The molecular formula is C15H18N4O2. The number of pyridine rings is 2. The maximum Gasteiger partial charge on any atom is 0.136 e. The van der Waals surface area contributed by atoms with Crippen LogP contribution in [0.2, 0.25) is 0 Å². The Kier molecular flexibility index (Phi) is 4.08. The first kappa shape index (κ1) is 13.9. The molecule has 21 heavy (non-hydrogen) atoms. The molecule has 0 atom stereocenters. The van der Waals surface area contributed by atoms with Crippen molar-refractivity contribution in [2.75, 3.05) is 13.2 Å². The average molecular weight is 286 g/mol. The summed E-state index contributed by atoms with van der Waals surface area (Å²) in [7, 11) is 0. The van der Waals surface area contributed by atoms with Gasteiger partial charge in [-0.05, 0) is 25.5 Å². The first-order chi connectivity index (χ1) is 10.3. The maximum absolute atomic E-state index is 9.12. The third kappa shape index (κ3) is 2.59. The first-order valence-corrected chi connectivity index (χ1v) is 7.12. The zero-order valence-corrected chi connectivity index (χ0v) is 12.0. The van der Waals surface area contributed by atoms with Gasteiger partial charge in [0.25, 0.3) is 0 Å². The van der Waals surface area contributed by atoms with Gasteiger partial charge in [0.2, 0.25) is 0 Å². The molecule has 0 saturated carbocycles. The number of aryl methyl sites for hydroxylation is 1. The van der Waals surface area contributed by atoms with Crippen LogP contribution in [-0.4, -0.2) is 37.8 Å². The number of ether oxygens (including phenoxy) is 1. The highest BCUT2D eigenvalue weighted by Gasteiger charge is 2.14. The van der Waals surface area contributed by atoms with Crippen molar-refractivity contribution in [2.24, 2.45) is 0 Å². The number of aromatic nitrogens is 4. The molecule has 3 aromatic heterocycles. The fraction of sp³-hybridized carbons (Fsp3) is 0.400. The molecule has 0 fully saturated rings. The number of hydrogen-bond donors (Lipinski definition) is 1. The van der Waals surface area contributed by atoms with E-state index < -0.39 is 0 Å². The van der Waals surface area contributed by atoms with E-state index in [0.29, 0.717) is 26.2 Å². The van der Waals surface area contributed by atoms with Gasteiger partial charge in [-0.1, -0.05) is 0 Å². The third-order valence-electron chi connectivity index (χ3n) is 3.39. The lowest BCUT2D eigenvalue weighted by Crippen LogP contribution is -2.07. The first-order valence-electron chi connectivity index (χ1n) is 7.12. The predicted octanol–water partition coefficient (Wildman–Crippen LogP) is 1.90. The van der Waals surface area contributed by atoms with E-state index in [1.165, 1.54) is 0 Å². The molecule has 0 radical (unpaired) electrons. The highest BCUT2D eigenvalue weighted by molar-refractivity contribution is 5.99. The van der Waals surface area contributed by atoms with Gasteiger partial charge in [-0.2, -0.15) is 0 Å². The van der Waals surface area contributed by atoms with Crippen molar-refractivity contribution in [2.45, 2.75) is 26.5 Å². The van der Waals surface area contributed by atoms with E-state index in [0.717, 1.165) is 27.9 Å². The smallest absolute Gasteiger partial charge is 0.136 e. The number of fused-ring (bicyclic) bond motifs is 3. The van der Waals surface area contributed by atoms with Gasteiger partial charge in [0.05, 0.1) is 17.2 Å². The van der Waals surface area contributed by atoms with Gasteiger partial charge in [0, 0.05) is 26.0 Å². The van der Waals surface area contributed by atoms with Gasteiger partial charge in [-0.25, -0.2) is 4.98 Å². The molecule has 3 heterocycles. The Morgan fingerprint density at radius 3 is 3.00 bits per heavy atom. The van der Waals surface area contributed by atoms with Gasteiger partial charge in [-0.15, -0.1) is 0 Å². The lowest BCUT2D eigenvalue weighted by molar-refractivity contribution is 0.125. The molecule has 0 bridgehead atoms. The molecule has 110 valence electrons. The number of hydrogen-bond acceptors (Lipinski definition) is 5. The molecule has 0 aliphatic heterocycles. The van der Waals surface area contributed by atoms with Gasteiger partial charge < -0.3 is 14.4 Å². The maximum atomic E-state index is 9.12. The van der Waals surface area contributed by atoms with Crippen LogP contribution < -0.4 is 0 Å². The van der Waals surface area contributed by atoms with E-state index in [2.05, 4.69) is 19.5 Å². The largest absolute Gasteiger partial charge is 0.396 e. The van der Waals surface area contributed by atoms with Crippen LogP contribution in [0.4, 0.5) is 0 Å². The summed E-state index contributed by atoms with van der Waals surface area (Å²) < 4.78 is 7.58. The van der Waals surface area contributed by atoms with Crippen molar-refractivity contribution >= 4 is 22.1 Å².